The van der Waals surface area contributed by atoms with Crippen molar-refractivity contribution in [2.24, 2.45) is 11.5 Å². The monoisotopic (exact) mass is 533 g/mol. The van der Waals surface area contributed by atoms with Gasteiger partial charge in [-0.1, -0.05) is 30.3 Å². The fourth-order valence-electron chi connectivity index (χ4n) is 5.33. The zero-order valence-corrected chi connectivity index (χ0v) is 21.2. The number of carbonyl (C=O) groups excluding carboxylic acids is 5. The first kappa shape index (κ1) is 29.0. The van der Waals surface area contributed by atoms with Crippen molar-refractivity contribution in [1.82, 2.24) is 15.1 Å². The Morgan fingerprint density at radius 1 is 1.16 bits per heavy atom. The van der Waals surface area contributed by atoms with Gasteiger partial charge in [0.25, 0.3) is 0 Å². The van der Waals surface area contributed by atoms with Crippen LogP contribution in [-0.2, 0) is 30.3 Å². The highest BCUT2D eigenvalue weighted by molar-refractivity contribution is 5.94. The Labute approximate surface area is 220 Å². The van der Waals surface area contributed by atoms with Crippen LogP contribution in [0.25, 0.3) is 0 Å². The number of rotatable bonds is 11. The van der Waals surface area contributed by atoms with E-state index in [2.05, 4.69) is 5.32 Å². The molecule has 3 rings (SSSR count). The average molecular weight is 534 g/mol. The Morgan fingerprint density at radius 2 is 1.84 bits per heavy atom. The van der Waals surface area contributed by atoms with Crippen molar-refractivity contribution >= 4 is 30.1 Å². The maximum atomic E-state index is 14.0. The Hall–Kier alpha value is -3.55. The highest BCUT2D eigenvalue weighted by Crippen LogP contribution is 2.36. The Morgan fingerprint density at radius 3 is 2.45 bits per heavy atom. The molecule has 0 aromatic heterocycles. The maximum Gasteiger partial charge on any atom is 0.405 e. The van der Waals surface area contributed by atoms with Crippen molar-refractivity contribution in [2.45, 2.75) is 75.1 Å². The molecule has 0 bridgehead atoms. The zero-order valence-electron chi connectivity index (χ0n) is 21.2. The molecule has 2 heterocycles. The Kier molecular flexibility index (Phi) is 9.41. The number of hydrogen-bond acceptors (Lipinski definition) is 9. The van der Waals surface area contributed by atoms with Crippen molar-refractivity contribution < 1.29 is 38.9 Å². The fourth-order valence-corrected chi connectivity index (χ4v) is 5.33. The van der Waals surface area contributed by atoms with Gasteiger partial charge in [-0.05, 0) is 38.2 Å². The van der Waals surface area contributed by atoms with Gasteiger partial charge in [0.05, 0.1) is 12.1 Å². The molecule has 2 fully saturated rings. The summed E-state index contributed by atoms with van der Waals surface area (Å²) in [7, 11) is 0. The number of aliphatic hydroxyl groups is 2. The van der Waals surface area contributed by atoms with Crippen LogP contribution in [0, 0.1) is 0 Å². The van der Waals surface area contributed by atoms with E-state index in [1.807, 2.05) is 30.3 Å². The molecule has 2 aliphatic heterocycles. The summed E-state index contributed by atoms with van der Waals surface area (Å²) in [5.41, 5.74) is 9.64. The fraction of sp³-hybridized carbons (Fsp3) is 0.560. The Balaban J connectivity index is 1.92. The largest absolute Gasteiger partial charge is 0.434 e. The van der Waals surface area contributed by atoms with Crippen molar-refractivity contribution in [3.8, 4) is 0 Å². The standard InChI is InChI=1S/C25H35N5O8/c1-15(19(32)20(26)33)28-23(36)25(13-16-7-3-2-4-8-16)10-6-12-30(25)21(34)17-9-5-11-29(17)22(35)18(14-31)38-24(27)37/h2-4,7-8,14-15,17-19,22,32,35H,5-6,9-13H2,1H3,(H2,26,33)(H2,27,37)(H,28,36)/t15-,17-,18+,19+,22?,25?/m0/s1. The first-order valence-corrected chi connectivity index (χ1v) is 12.5. The number of ether oxygens (including phenoxy) is 1. The normalized spacial score (nSPS) is 24.7. The number of amides is 4. The first-order chi connectivity index (χ1) is 18.0. The van der Waals surface area contributed by atoms with Gasteiger partial charge in [-0.3, -0.25) is 24.1 Å². The summed E-state index contributed by atoms with van der Waals surface area (Å²) in [4.78, 5) is 64.7. The highest BCUT2D eigenvalue weighted by atomic mass is 16.6. The molecule has 7 N–H and O–H groups in total. The lowest BCUT2D eigenvalue weighted by atomic mass is 9.86. The smallest absolute Gasteiger partial charge is 0.405 e. The molecule has 38 heavy (non-hydrogen) atoms. The van der Waals surface area contributed by atoms with Crippen LogP contribution in [0.4, 0.5) is 4.79 Å². The number of aldehydes is 1. The van der Waals surface area contributed by atoms with E-state index in [0.29, 0.717) is 25.7 Å². The van der Waals surface area contributed by atoms with E-state index in [9.17, 15) is 34.2 Å². The number of nitrogens with two attached hydrogens (primary N) is 2. The van der Waals surface area contributed by atoms with Crippen LogP contribution < -0.4 is 16.8 Å². The molecule has 13 heteroatoms. The first-order valence-electron chi connectivity index (χ1n) is 12.5. The van der Waals surface area contributed by atoms with E-state index in [-0.39, 0.29) is 25.8 Å². The molecule has 0 aliphatic carbocycles. The number of likely N-dealkylation sites (tertiary alicyclic amines) is 2. The van der Waals surface area contributed by atoms with E-state index in [1.54, 1.807) is 0 Å². The summed E-state index contributed by atoms with van der Waals surface area (Å²) in [6.07, 6.45) is -3.97. The van der Waals surface area contributed by atoms with Gasteiger partial charge in [0, 0.05) is 19.5 Å². The average Bonchev–Trinajstić information content (AvgIpc) is 3.54. The molecule has 2 unspecified atom stereocenters. The second-order valence-electron chi connectivity index (χ2n) is 9.74. The number of carbonyl (C=O) groups is 5. The third-order valence-electron chi connectivity index (χ3n) is 7.24. The second kappa shape index (κ2) is 12.3. The van der Waals surface area contributed by atoms with Gasteiger partial charge >= 0.3 is 6.09 Å². The van der Waals surface area contributed by atoms with Gasteiger partial charge in [0.2, 0.25) is 17.7 Å². The van der Waals surface area contributed by atoms with Crippen LogP contribution in [0.1, 0.15) is 38.2 Å². The van der Waals surface area contributed by atoms with Crippen molar-refractivity contribution in [3.05, 3.63) is 35.9 Å². The third-order valence-corrected chi connectivity index (χ3v) is 7.24. The molecule has 2 aliphatic rings. The maximum absolute atomic E-state index is 14.0. The summed E-state index contributed by atoms with van der Waals surface area (Å²) < 4.78 is 4.70. The van der Waals surface area contributed by atoms with E-state index in [0.717, 1.165) is 5.56 Å². The van der Waals surface area contributed by atoms with Crippen LogP contribution in [0.5, 0.6) is 0 Å². The topological polar surface area (TPSA) is 206 Å². The predicted molar refractivity (Wildman–Crippen MR) is 133 cm³/mol. The second-order valence-corrected chi connectivity index (χ2v) is 9.74. The minimum Gasteiger partial charge on any atom is -0.434 e. The number of aliphatic hydroxyl groups excluding tert-OH is 2. The van der Waals surface area contributed by atoms with Gasteiger partial charge in [-0.15, -0.1) is 0 Å². The predicted octanol–water partition coefficient (Wildman–Crippen LogP) is -1.61. The van der Waals surface area contributed by atoms with E-state index < -0.39 is 59.9 Å². The molecule has 0 radical (unpaired) electrons. The molecule has 208 valence electrons. The molecule has 0 spiro atoms. The number of primary amides is 2. The molecule has 6 atom stereocenters. The van der Waals surface area contributed by atoms with E-state index in [1.165, 1.54) is 16.7 Å². The number of nitrogens with one attached hydrogen (secondary N) is 1. The third kappa shape index (κ3) is 6.11. The summed E-state index contributed by atoms with van der Waals surface area (Å²) in [6.45, 7) is 1.94. The molecular weight excluding hydrogens is 498 g/mol. The van der Waals surface area contributed by atoms with Crippen molar-refractivity contribution in [2.75, 3.05) is 13.1 Å². The molecule has 13 nitrogen and oxygen atoms in total. The van der Waals surface area contributed by atoms with Gasteiger partial charge in [-0.25, -0.2) is 4.79 Å². The van der Waals surface area contributed by atoms with Gasteiger partial charge < -0.3 is 36.6 Å². The van der Waals surface area contributed by atoms with Crippen LogP contribution in [0.3, 0.4) is 0 Å². The molecule has 2 saturated heterocycles. The molecule has 1 aromatic carbocycles. The van der Waals surface area contributed by atoms with E-state index >= 15 is 0 Å². The SMILES string of the molecule is C[C@H](NC(=O)C1(Cc2ccccc2)CCCN1C(=O)[C@@H]1CCCN1C(O)[C@@H](C=O)OC(N)=O)[C@@H](O)C(N)=O. The highest BCUT2D eigenvalue weighted by Gasteiger charge is 2.53. The molecule has 1 aromatic rings. The molecular formula is C25H35N5O8. The number of hydrogen-bond donors (Lipinski definition) is 5. The van der Waals surface area contributed by atoms with Gasteiger partial charge in [-0.2, -0.15) is 0 Å². The summed E-state index contributed by atoms with van der Waals surface area (Å²) in [6, 6.07) is 7.23. The summed E-state index contributed by atoms with van der Waals surface area (Å²) in [5.74, 6) is -1.97. The summed E-state index contributed by atoms with van der Waals surface area (Å²) >= 11 is 0. The summed E-state index contributed by atoms with van der Waals surface area (Å²) in [5, 5.41) is 23.5. The Bertz CT molecular complexity index is 1040. The van der Waals surface area contributed by atoms with Crippen molar-refractivity contribution in [3.63, 3.8) is 0 Å². The lowest BCUT2D eigenvalue weighted by molar-refractivity contribution is -0.155. The van der Waals surface area contributed by atoms with Crippen LogP contribution >= 0.6 is 0 Å². The number of nitrogens with zero attached hydrogens (tertiary/aromatic N) is 2. The van der Waals surface area contributed by atoms with Crippen LogP contribution in [0.15, 0.2) is 30.3 Å². The zero-order chi connectivity index (χ0) is 28.0. The van der Waals surface area contributed by atoms with E-state index in [4.69, 9.17) is 16.2 Å². The van der Waals surface area contributed by atoms with Gasteiger partial charge in [0.1, 0.15) is 5.54 Å². The lowest BCUT2D eigenvalue weighted by Gasteiger charge is -2.41. The van der Waals surface area contributed by atoms with Crippen molar-refractivity contribution in [1.29, 1.82) is 0 Å². The minimum absolute atomic E-state index is 0.168. The van der Waals surface area contributed by atoms with Crippen LogP contribution in [-0.4, -0.2) is 99.3 Å². The minimum atomic E-state index is -1.62. The lowest BCUT2D eigenvalue weighted by Crippen LogP contribution is -2.64. The van der Waals surface area contributed by atoms with Gasteiger partial charge in [0.15, 0.2) is 24.7 Å². The molecule has 4 amide bonds. The number of benzene rings is 1. The van der Waals surface area contributed by atoms with Crippen LogP contribution in [0.2, 0.25) is 0 Å². The molecule has 0 saturated carbocycles. The quantitative estimate of drug-likeness (QED) is 0.207.